The van der Waals surface area contributed by atoms with Crippen LogP contribution in [-0.4, -0.2) is 66.0 Å². The van der Waals surface area contributed by atoms with E-state index in [0.29, 0.717) is 0 Å². The number of hydrogen-bond donors (Lipinski definition) is 2. The second kappa shape index (κ2) is 12.6. The Kier molecular flexibility index (Phi) is 12.2. The minimum Gasteiger partial charge on any atom is -0.381 e. The van der Waals surface area contributed by atoms with Crippen LogP contribution in [0.3, 0.4) is 0 Å². The van der Waals surface area contributed by atoms with Crippen LogP contribution in [0.4, 0.5) is 26.3 Å². The van der Waals surface area contributed by atoms with Gasteiger partial charge in [0.25, 0.3) is 0 Å². The zero-order chi connectivity index (χ0) is 22.0. The third-order valence-electron chi connectivity index (χ3n) is 4.03. The SMILES string of the molecule is CCOC(CCCC(=O)CCCC(OCC)C(O)C(F)(F)F)C(O)C(F)(F)F. The summed E-state index contributed by atoms with van der Waals surface area (Å²) in [4.78, 5) is 11.8. The van der Waals surface area contributed by atoms with E-state index in [-0.39, 0.29) is 57.5 Å². The molecule has 0 saturated heterocycles. The van der Waals surface area contributed by atoms with Crippen LogP contribution in [0.1, 0.15) is 52.4 Å². The molecule has 4 atom stereocenters. The summed E-state index contributed by atoms with van der Waals surface area (Å²) in [7, 11) is 0. The number of alkyl halides is 6. The fourth-order valence-corrected chi connectivity index (χ4v) is 2.64. The lowest BCUT2D eigenvalue weighted by Gasteiger charge is -2.25. The highest BCUT2D eigenvalue weighted by atomic mass is 19.4. The van der Waals surface area contributed by atoms with Gasteiger partial charge < -0.3 is 19.7 Å². The molecule has 2 N–H and O–H groups in total. The first-order valence-corrected chi connectivity index (χ1v) is 9.09. The number of halogens is 6. The summed E-state index contributed by atoms with van der Waals surface area (Å²) in [6.07, 6.45) is -18.4. The van der Waals surface area contributed by atoms with Crippen molar-refractivity contribution in [1.29, 1.82) is 0 Å². The maximum Gasteiger partial charge on any atom is 0.416 e. The Morgan fingerprint density at radius 1 is 0.786 bits per heavy atom. The number of aliphatic hydroxyl groups excluding tert-OH is 2. The largest absolute Gasteiger partial charge is 0.416 e. The van der Waals surface area contributed by atoms with E-state index in [9.17, 15) is 41.4 Å². The number of carbonyl (C=O) groups is 1. The first-order valence-electron chi connectivity index (χ1n) is 9.09. The highest BCUT2D eigenvalue weighted by molar-refractivity contribution is 5.78. The molecule has 0 aliphatic rings. The molecule has 0 rings (SSSR count). The number of aliphatic hydroxyl groups is 2. The number of Topliss-reactive ketones (excluding diaryl/α,β-unsaturated/α-hetero) is 1. The van der Waals surface area contributed by atoms with E-state index in [1.165, 1.54) is 13.8 Å². The lowest BCUT2D eigenvalue weighted by molar-refractivity contribution is -0.237. The average molecular weight is 426 g/mol. The van der Waals surface area contributed by atoms with Crippen LogP contribution in [0.5, 0.6) is 0 Å². The quantitative estimate of drug-likeness (QED) is 0.416. The van der Waals surface area contributed by atoms with Gasteiger partial charge in [-0.05, 0) is 39.5 Å². The van der Waals surface area contributed by atoms with Crippen molar-refractivity contribution < 1.29 is 50.8 Å². The predicted octanol–water partition coefficient (Wildman–Crippen LogP) is 3.55. The van der Waals surface area contributed by atoms with Crippen molar-refractivity contribution in [1.82, 2.24) is 0 Å². The molecule has 0 aromatic rings. The van der Waals surface area contributed by atoms with Crippen LogP contribution >= 0.6 is 0 Å². The molecular formula is C17H28F6O5. The van der Waals surface area contributed by atoms with Crippen LogP contribution < -0.4 is 0 Å². The highest BCUT2D eigenvalue weighted by Crippen LogP contribution is 2.27. The van der Waals surface area contributed by atoms with E-state index in [1.54, 1.807) is 0 Å². The minimum atomic E-state index is -4.84. The zero-order valence-corrected chi connectivity index (χ0v) is 15.9. The molecule has 0 bridgehead atoms. The van der Waals surface area contributed by atoms with Crippen LogP contribution in [-0.2, 0) is 14.3 Å². The summed E-state index contributed by atoms with van der Waals surface area (Å²) >= 11 is 0. The molecule has 0 fully saturated rings. The summed E-state index contributed by atoms with van der Waals surface area (Å²) in [6.45, 7) is 2.88. The van der Waals surface area contributed by atoms with Crippen LogP contribution in [0.15, 0.2) is 0 Å². The molecule has 168 valence electrons. The van der Waals surface area contributed by atoms with Gasteiger partial charge in [0.2, 0.25) is 0 Å². The van der Waals surface area contributed by atoms with Gasteiger partial charge in [-0.1, -0.05) is 0 Å². The molecule has 0 saturated carbocycles. The van der Waals surface area contributed by atoms with E-state index in [2.05, 4.69) is 0 Å². The molecular weight excluding hydrogens is 398 g/mol. The van der Waals surface area contributed by atoms with Crippen molar-refractivity contribution in [2.75, 3.05) is 13.2 Å². The molecule has 0 aliphatic heterocycles. The summed E-state index contributed by atoms with van der Waals surface area (Å²) in [5.41, 5.74) is 0. The molecule has 28 heavy (non-hydrogen) atoms. The summed E-state index contributed by atoms with van der Waals surface area (Å²) in [5, 5.41) is 18.5. The van der Waals surface area contributed by atoms with Gasteiger partial charge in [0.15, 0.2) is 12.2 Å². The van der Waals surface area contributed by atoms with Crippen molar-refractivity contribution in [3.05, 3.63) is 0 Å². The second-order valence-electron chi connectivity index (χ2n) is 6.28. The lowest BCUT2D eigenvalue weighted by atomic mass is 10.0. The summed E-state index contributed by atoms with van der Waals surface area (Å²) in [6, 6.07) is 0. The molecule has 0 heterocycles. The van der Waals surface area contributed by atoms with Crippen molar-refractivity contribution in [3.8, 4) is 0 Å². The van der Waals surface area contributed by atoms with Crippen LogP contribution in [0.25, 0.3) is 0 Å². The fourth-order valence-electron chi connectivity index (χ4n) is 2.64. The van der Waals surface area contributed by atoms with Gasteiger partial charge in [0.1, 0.15) is 5.78 Å². The first-order chi connectivity index (χ1) is 12.8. The van der Waals surface area contributed by atoms with E-state index >= 15 is 0 Å². The monoisotopic (exact) mass is 426 g/mol. The smallest absolute Gasteiger partial charge is 0.381 e. The molecule has 5 nitrogen and oxygen atoms in total. The van der Waals surface area contributed by atoms with Gasteiger partial charge in [-0.15, -0.1) is 0 Å². The number of ketones is 1. The zero-order valence-electron chi connectivity index (χ0n) is 15.9. The Morgan fingerprint density at radius 2 is 1.11 bits per heavy atom. The Balaban J connectivity index is 4.36. The van der Waals surface area contributed by atoms with E-state index in [4.69, 9.17) is 9.47 Å². The fraction of sp³-hybridized carbons (Fsp3) is 0.941. The summed E-state index contributed by atoms with van der Waals surface area (Å²) < 4.78 is 85.1. The van der Waals surface area contributed by atoms with Crippen LogP contribution in [0.2, 0.25) is 0 Å². The summed E-state index contributed by atoms with van der Waals surface area (Å²) in [5.74, 6) is -0.339. The van der Waals surface area contributed by atoms with Gasteiger partial charge in [0.05, 0.1) is 12.2 Å². The van der Waals surface area contributed by atoms with E-state index < -0.39 is 36.8 Å². The minimum absolute atomic E-state index is 0.0356. The van der Waals surface area contributed by atoms with Crippen molar-refractivity contribution >= 4 is 5.78 Å². The van der Waals surface area contributed by atoms with Gasteiger partial charge in [-0.3, -0.25) is 4.79 Å². The van der Waals surface area contributed by atoms with Crippen LogP contribution in [0, 0.1) is 0 Å². The maximum absolute atomic E-state index is 12.6. The number of carbonyl (C=O) groups excluding carboxylic acids is 1. The Hall–Kier alpha value is -0.910. The van der Waals surface area contributed by atoms with Gasteiger partial charge in [0, 0.05) is 26.1 Å². The van der Waals surface area contributed by atoms with E-state index in [0.717, 1.165) is 0 Å². The molecule has 11 heteroatoms. The first kappa shape index (κ1) is 27.1. The number of rotatable bonds is 14. The highest BCUT2D eigenvalue weighted by Gasteiger charge is 2.44. The second-order valence-corrected chi connectivity index (χ2v) is 6.28. The molecule has 4 unspecified atom stereocenters. The Bertz CT molecular complexity index is 403. The third kappa shape index (κ3) is 10.6. The predicted molar refractivity (Wildman–Crippen MR) is 87.7 cm³/mol. The van der Waals surface area contributed by atoms with Gasteiger partial charge in [-0.25, -0.2) is 0 Å². The van der Waals surface area contributed by atoms with Crippen molar-refractivity contribution in [3.63, 3.8) is 0 Å². The molecule has 0 spiro atoms. The lowest BCUT2D eigenvalue weighted by Crippen LogP contribution is -2.41. The molecule has 0 aromatic carbocycles. The topological polar surface area (TPSA) is 76.0 Å². The third-order valence-corrected chi connectivity index (χ3v) is 4.03. The van der Waals surface area contributed by atoms with Crippen molar-refractivity contribution in [2.45, 2.75) is 89.1 Å². The molecule has 0 amide bonds. The normalized spacial score (nSPS) is 17.2. The molecule has 0 aromatic heterocycles. The Labute approximate surface area is 160 Å². The standard InChI is InChI=1S/C17H28F6O5/c1-3-27-12(14(25)16(18,19)20)9-5-7-11(24)8-6-10-13(28-4-2)15(26)17(21,22)23/h12-15,25-26H,3-10H2,1-2H3. The van der Waals surface area contributed by atoms with E-state index in [1.807, 2.05) is 0 Å². The molecule has 0 radical (unpaired) electrons. The molecule has 0 aliphatic carbocycles. The number of hydrogen-bond acceptors (Lipinski definition) is 5. The Morgan fingerprint density at radius 3 is 1.36 bits per heavy atom. The average Bonchev–Trinajstić information content (AvgIpc) is 2.57. The number of ether oxygens (including phenoxy) is 2. The van der Waals surface area contributed by atoms with Gasteiger partial charge >= 0.3 is 12.4 Å². The van der Waals surface area contributed by atoms with Gasteiger partial charge in [-0.2, -0.15) is 26.3 Å². The van der Waals surface area contributed by atoms with Crippen molar-refractivity contribution in [2.24, 2.45) is 0 Å². The maximum atomic E-state index is 12.6.